The highest BCUT2D eigenvalue weighted by Crippen LogP contribution is 2.23. The SMILES string of the molecule is Cc1nc(-c2ccc(NC(=O)c3cccc(NC(=O)c4cccs4)c3)cc2)cs1. The first-order chi connectivity index (χ1) is 14.1. The second kappa shape index (κ2) is 8.38. The molecular formula is C22H17N3O2S2. The maximum Gasteiger partial charge on any atom is 0.265 e. The predicted molar refractivity (Wildman–Crippen MR) is 119 cm³/mol. The van der Waals surface area contributed by atoms with E-state index in [0.29, 0.717) is 21.8 Å². The Hall–Kier alpha value is -3.29. The molecule has 0 aliphatic carbocycles. The van der Waals surface area contributed by atoms with Crippen molar-refractivity contribution in [2.45, 2.75) is 6.92 Å². The highest BCUT2D eigenvalue weighted by molar-refractivity contribution is 7.12. The minimum atomic E-state index is -0.241. The van der Waals surface area contributed by atoms with E-state index in [1.165, 1.54) is 11.3 Å². The number of aryl methyl sites for hydroxylation is 1. The molecule has 0 radical (unpaired) electrons. The molecule has 0 bridgehead atoms. The number of benzene rings is 2. The van der Waals surface area contributed by atoms with E-state index in [1.807, 2.05) is 48.0 Å². The number of thiazole rings is 1. The minimum Gasteiger partial charge on any atom is -0.322 e. The molecule has 2 amide bonds. The van der Waals surface area contributed by atoms with Crippen LogP contribution in [0.2, 0.25) is 0 Å². The quantitative estimate of drug-likeness (QED) is 0.437. The number of carbonyl (C=O) groups excluding carboxylic acids is 2. The van der Waals surface area contributed by atoms with Gasteiger partial charge in [-0.05, 0) is 48.7 Å². The number of carbonyl (C=O) groups is 2. The van der Waals surface area contributed by atoms with Crippen LogP contribution in [0.3, 0.4) is 0 Å². The maximum absolute atomic E-state index is 12.6. The smallest absolute Gasteiger partial charge is 0.265 e. The van der Waals surface area contributed by atoms with Crippen LogP contribution in [0.5, 0.6) is 0 Å². The number of amides is 2. The van der Waals surface area contributed by atoms with Crippen molar-refractivity contribution in [2.75, 3.05) is 10.6 Å². The van der Waals surface area contributed by atoms with Crippen LogP contribution in [0.1, 0.15) is 25.0 Å². The van der Waals surface area contributed by atoms with Gasteiger partial charge in [-0.3, -0.25) is 9.59 Å². The zero-order valence-electron chi connectivity index (χ0n) is 15.5. The Morgan fingerprint density at radius 2 is 1.66 bits per heavy atom. The van der Waals surface area contributed by atoms with E-state index in [9.17, 15) is 9.59 Å². The molecule has 144 valence electrons. The average molecular weight is 420 g/mol. The number of hydrogen-bond donors (Lipinski definition) is 2. The summed E-state index contributed by atoms with van der Waals surface area (Å²) in [6.45, 7) is 1.97. The molecule has 0 unspecified atom stereocenters. The molecule has 0 fully saturated rings. The van der Waals surface area contributed by atoms with Crippen LogP contribution >= 0.6 is 22.7 Å². The highest BCUT2D eigenvalue weighted by Gasteiger charge is 2.11. The molecule has 0 atom stereocenters. The van der Waals surface area contributed by atoms with Gasteiger partial charge in [0, 0.05) is 27.9 Å². The molecule has 4 rings (SSSR count). The van der Waals surface area contributed by atoms with Crippen molar-refractivity contribution in [2.24, 2.45) is 0 Å². The standard InChI is InChI=1S/C22H17N3O2S2/c1-14-23-19(13-29-14)15-7-9-17(10-8-15)24-21(26)16-4-2-5-18(12-16)25-22(27)20-6-3-11-28-20/h2-13H,1H3,(H,24,26)(H,25,27). The van der Waals surface area contributed by atoms with Crippen molar-refractivity contribution in [3.05, 3.63) is 86.9 Å². The van der Waals surface area contributed by atoms with E-state index >= 15 is 0 Å². The number of hydrogen-bond acceptors (Lipinski definition) is 5. The summed E-state index contributed by atoms with van der Waals surface area (Å²) in [5.74, 6) is -0.431. The third-order valence-corrected chi connectivity index (χ3v) is 5.83. The highest BCUT2D eigenvalue weighted by atomic mass is 32.1. The van der Waals surface area contributed by atoms with Gasteiger partial charge in [0.15, 0.2) is 0 Å². The van der Waals surface area contributed by atoms with Gasteiger partial charge >= 0.3 is 0 Å². The van der Waals surface area contributed by atoms with E-state index in [2.05, 4.69) is 15.6 Å². The lowest BCUT2D eigenvalue weighted by molar-refractivity contribution is 0.101. The lowest BCUT2D eigenvalue weighted by atomic mass is 10.1. The number of thiophene rings is 1. The van der Waals surface area contributed by atoms with E-state index in [-0.39, 0.29) is 11.8 Å². The van der Waals surface area contributed by atoms with Crippen molar-refractivity contribution in [1.29, 1.82) is 0 Å². The summed E-state index contributed by atoms with van der Waals surface area (Å²) in [7, 11) is 0. The van der Waals surface area contributed by atoms with Crippen molar-refractivity contribution in [3.8, 4) is 11.3 Å². The van der Waals surface area contributed by atoms with Crippen LogP contribution in [0, 0.1) is 6.92 Å². The molecule has 7 heteroatoms. The average Bonchev–Trinajstić information content (AvgIpc) is 3.41. The summed E-state index contributed by atoms with van der Waals surface area (Å²) in [6.07, 6.45) is 0. The topological polar surface area (TPSA) is 71.1 Å². The third kappa shape index (κ3) is 4.59. The fourth-order valence-electron chi connectivity index (χ4n) is 2.76. The maximum atomic E-state index is 12.6. The van der Waals surface area contributed by atoms with Gasteiger partial charge in [0.25, 0.3) is 11.8 Å². The molecule has 2 aromatic heterocycles. The summed E-state index contributed by atoms with van der Waals surface area (Å²) >= 11 is 2.97. The Labute approximate surface area is 176 Å². The lowest BCUT2D eigenvalue weighted by Gasteiger charge is -2.08. The molecule has 2 heterocycles. The fraction of sp³-hybridized carbons (Fsp3) is 0.0455. The van der Waals surface area contributed by atoms with Gasteiger partial charge in [-0.25, -0.2) is 4.98 Å². The van der Waals surface area contributed by atoms with Gasteiger partial charge in [-0.1, -0.05) is 24.3 Å². The van der Waals surface area contributed by atoms with Crippen LogP contribution in [-0.2, 0) is 0 Å². The molecule has 0 saturated carbocycles. The molecular weight excluding hydrogens is 402 g/mol. The van der Waals surface area contributed by atoms with Crippen molar-refractivity contribution < 1.29 is 9.59 Å². The zero-order valence-corrected chi connectivity index (χ0v) is 17.1. The molecule has 5 nitrogen and oxygen atoms in total. The second-order valence-electron chi connectivity index (χ2n) is 6.30. The molecule has 0 aliphatic heterocycles. The van der Waals surface area contributed by atoms with Crippen LogP contribution in [-0.4, -0.2) is 16.8 Å². The van der Waals surface area contributed by atoms with E-state index in [0.717, 1.165) is 16.3 Å². The summed E-state index contributed by atoms with van der Waals surface area (Å²) in [4.78, 5) is 29.9. The molecule has 29 heavy (non-hydrogen) atoms. The van der Waals surface area contributed by atoms with Gasteiger partial charge in [0.1, 0.15) is 0 Å². The van der Waals surface area contributed by atoms with E-state index < -0.39 is 0 Å². The van der Waals surface area contributed by atoms with Gasteiger partial charge in [0.2, 0.25) is 0 Å². The number of anilines is 2. The van der Waals surface area contributed by atoms with Crippen molar-refractivity contribution in [1.82, 2.24) is 4.98 Å². The number of rotatable bonds is 5. The fourth-order valence-corrected chi connectivity index (χ4v) is 4.00. The number of aromatic nitrogens is 1. The Bertz CT molecular complexity index is 1150. The first-order valence-electron chi connectivity index (χ1n) is 8.87. The summed E-state index contributed by atoms with van der Waals surface area (Å²) < 4.78 is 0. The van der Waals surface area contributed by atoms with Gasteiger partial charge < -0.3 is 10.6 Å². The normalized spacial score (nSPS) is 10.5. The van der Waals surface area contributed by atoms with Crippen LogP contribution in [0.15, 0.2) is 71.4 Å². The number of nitrogens with zero attached hydrogens (tertiary/aromatic N) is 1. The molecule has 4 aromatic rings. The second-order valence-corrected chi connectivity index (χ2v) is 8.31. The Morgan fingerprint density at radius 3 is 2.34 bits per heavy atom. The monoisotopic (exact) mass is 419 g/mol. The van der Waals surface area contributed by atoms with Crippen LogP contribution < -0.4 is 10.6 Å². The Kier molecular flexibility index (Phi) is 5.50. The minimum absolute atomic E-state index is 0.189. The van der Waals surface area contributed by atoms with Gasteiger partial charge in [0.05, 0.1) is 15.6 Å². The van der Waals surface area contributed by atoms with Crippen molar-refractivity contribution in [3.63, 3.8) is 0 Å². The molecule has 0 saturated heterocycles. The van der Waals surface area contributed by atoms with Gasteiger partial charge in [-0.15, -0.1) is 22.7 Å². The van der Waals surface area contributed by atoms with Gasteiger partial charge in [-0.2, -0.15) is 0 Å². The van der Waals surface area contributed by atoms with E-state index in [4.69, 9.17) is 0 Å². The van der Waals surface area contributed by atoms with Crippen LogP contribution in [0.4, 0.5) is 11.4 Å². The molecule has 0 aliphatic rings. The van der Waals surface area contributed by atoms with E-state index in [1.54, 1.807) is 41.7 Å². The first kappa shape index (κ1) is 19.0. The molecule has 0 spiro atoms. The summed E-state index contributed by atoms with van der Waals surface area (Å²) in [6, 6.07) is 18.0. The zero-order chi connectivity index (χ0) is 20.2. The molecule has 2 N–H and O–H groups in total. The third-order valence-electron chi connectivity index (χ3n) is 4.19. The van der Waals surface area contributed by atoms with Crippen LogP contribution in [0.25, 0.3) is 11.3 Å². The first-order valence-corrected chi connectivity index (χ1v) is 10.6. The predicted octanol–water partition coefficient (Wildman–Crippen LogP) is 5.68. The largest absolute Gasteiger partial charge is 0.322 e. The summed E-state index contributed by atoms with van der Waals surface area (Å²) in [5, 5.41) is 10.6. The Balaban J connectivity index is 1.44. The number of nitrogens with one attached hydrogen (secondary N) is 2. The van der Waals surface area contributed by atoms with Crippen molar-refractivity contribution >= 4 is 45.9 Å². The summed E-state index contributed by atoms with van der Waals surface area (Å²) in [5.41, 5.74) is 3.67. The lowest BCUT2D eigenvalue weighted by Crippen LogP contribution is -2.14. The molecule has 2 aromatic carbocycles. The Morgan fingerprint density at radius 1 is 0.862 bits per heavy atom.